The van der Waals surface area contributed by atoms with E-state index in [1.807, 2.05) is 42.5 Å². The van der Waals surface area contributed by atoms with Crippen LogP contribution in [0.5, 0.6) is 0 Å². The van der Waals surface area contributed by atoms with E-state index in [0.717, 1.165) is 30.1 Å². The van der Waals surface area contributed by atoms with Gasteiger partial charge in [0.2, 0.25) is 5.91 Å². The summed E-state index contributed by atoms with van der Waals surface area (Å²) in [5, 5.41) is 0. The highest BCUT2D eigenvalue weighted by molar-refractivity contribution is 7.98. The molecule has 1 aliphatic heterocycles. The van der Waals surface area contributed by atoms with E-state index in [1.54, 1.807) is 11.8 Å². The number of benzene rings is 1. The molecule has 0 saturated heterocycles. The molecule has 0 radical (unpaired) electrons. The van der Waals surface area contributed by atoms with Crippen molar-refractivity contribution in [3.63, 3.8) is 0 Å². The number of hydrogen-bond donors (Lipinski definition) is 1. The number of fused-ring (bicyclic) bond motifs is 1. The smallest absolute Gasteiger partial charge is 0.244 e. The van der Waals surface area contributed by atoms with E-state index < -0.39 is 6.04 Å². The minimum absolute atomic E-state index is 0.0367. The molecule has 104 valence electrons. The number of nitrogens with zero attached hydrogens (tertiary/aromatic N) is 2. The van der Waals surface area contributed by atoms with Gasteiger partial charge in [0.25, 0.3) is 0 Å². The number of likely N-dealkylation sites (N-methyl/N-ethyl adjacent to an activating group) is 1. The molecule has 1 amide bonds. The Labute approximate surface area is 118 Å². The van der Waals surface area contributed by atoms with E-state index in [-0.39, 0.29) is 5.91 Å². The average Bonchev–Trinajstić information content (AvgIpc) is 2.45. The van der Waals surface area contributed by atoms with Crippen LogP contribution in [-0.4, -0.2) is 44.1 Å². The van der Waals surface area contributed by atoms with Crippen molar-refractivity contribution < 1.29 is 4.79 Å². The number of carbonyl (C=O) groups is 1. The van der Waals surface area contributed by atoms with Gasteiger partial charge in [-0.15, -0.1) is 0 Å². The molecule has 0 fully saturated rings. The van der Waals surface area contributed by atoms with Crippen molar-refractivity contribution in [2.24, 2.45) is 5.73 Å². The van der Waals surface area contributed by atoms with Crippen LogP contribution in [0.3, 0.4) is 0 Å². The molecule has 0 aliphatic carbocycles. The van der Waals surface area contributed by atoms with Crippen LogP contribution < -0.4 is 15.5 Å². The second-order valence-electron chi connectivity index (χ2n) is 4.79. The van der Waals surface area contributed by atoms with Gasteiger partial charge in [-0.1, -0.05) is 12.1 Å². The van der Waals surface area contributed by atoms with E-state index in [0.29, 0.717) is 6.54 Å². The molecule has 0 bridgehead atoms. The number of rotatable bonds is 4. The number of nitrogens with two attached hydrogens (primary N) is 1. The Hall–Kier alpha value is -1.20. The maximum Gasteiger partial charge on any atom is 0.244 e. The van der Waals surface area contributed by atoms with Crippen molar-refractivity contribution in [1.82, 2.24) is 0 Å². The zero-order valence-corrected chi connectivity index (χ0v) is 12.3. The molecule has 1 atom stereocenters. The van der Waals surface area contributed by atoms with Crippen LogP contribution >= 0.6 is 11.8 Å². The summed E-state index contributed by atoms with van der Waals surface area (Å²) in [5.74, 6) is 0.956. The third kappa shape index (κ3) is 3.04. The maximum atomic E-state index is 12.4. The first-order chi connectivity index (χ1) is 9.15. The van der Waals surface area contributed by atoms with Crippen LogP contribution in [0.1, 0.15) is 6.42 Å². The van der Waals surface area contributed by atoms with Crippen molar-refractivity contribution in [3.8, 4) is 0 Å². The van der Waals surface area contributed by atoms with E-state index >= 15 is 0 Å². The van der Waals surface area contributed by atoms with Crippen molar-refractivity contribution in [3.05, 3.63) is 24.3 Å². The molecule has 0 saturated carbocycles. The fraction of sp³-hybridized carbons (Fsp3) is 0.500. The summed E-state index contributed by atoms with van der Waals surface area (Å²) >= 11 is 1.72. The summed E-state index contributed by atoms with van der Waals surface area (Å²) in [6.45, 7) is 1.55. The van der Waals surface area contributed by atoms with Crippen molar-refractivity contribution in [2.75, 3.05) is 41.9 Å². The highest BCUT2D eigenvalue weighted by Gasteiger charge is 2.27. The molecule has 1 aromatic carbocycles. The largest absolute Gasteiger partial charge is 0.371 e. The number of thioether (sulfide) groups is 1. The average molecular weight is 279 g/mol. The zero-order valence-electron chi connectivity index (χ0n) is 11.5. The van der Waals surface area contributed by atoms with E-state index in [9.17, 15) is 4.79 Å². The van der Waals surface area contributed by atoms with Crippen LogP contribution in [0.25, 0.3) is 0 Å². The van der Waals surface area contributed by atoms with Gasteiger partial charge in [-0.3, -0.25) is 4.79 Å². The lowest BCUT2D eigenvalue weighted by atomic mass is 10.1. The lowest BCUT2D eigenvalue weighted by Crippen LogP contribution is -2.49. The Morgan fingerprint density at radius 3 is 2.74 bits per heavy atom. The molecule has 2 N–H and O–H groups in total. The second kappa shape index (κ2) is 6.30. The Bertz CT molecular complexity index is 452. The summed E-state index contributed by atoms with van der Waals surface area (Å²) < 4.78 is 0. The minimum atomic E-state index is -0.399. The van der Waals surface area contributed by atoms with Crippen LogP contribution in [-0.2, 0) is 4.79 Å². The molecule has 1 heterocycles. The van der Waals surface area contributed by atoms with Gasteiger partial charge in [0.1, 0.15) is 0 Å². The van der Waals surface area contributed by atoms with E-state index in [2.05, 4.69) is 4.90 Å². The summed E-state index contributed by atoms with van der Waals surface area (Å²) in [6, 6.07) is 7.60. The molecule has 1 aliphatic rings. The highest BCUT2D eigenvalue weighted by Crippen LogP contribution is 2.32. The van der Waals surface area contributed by atoms with Crippen LogP contribution in [0.15, 0.2) is 24.3 Å². The number of carbonyl (C=O) groups excluding carboxylic acids is 1. The quantitative estimate of drug-likeness (QED) is 0.908. The Kier molecular flexibility index (Phi) is 4.71. The zero-order chi connectivity index (χ0) is 13.8. The van der Waals surface area contributed by atoms with E-state index in [1.165, 1.54) is 0 Å². The highest BCUT2D eigenvalue weighted by atomic mass is 32.2. The molecular weight excluding hydrogens is 258 g/mol. The predicted octanol–water partition coefficient (Wildman–Crippen LogP) is 1.55. The van der Waals surface area contributed by atoms with Crippen LogP contribution in [0, 0.1) is 0 Å². The van der Waals surface area contributed by atoms with Crippen LogP contribution in [0.4, 0.5) is 11.4 Å². The summed E-state index contributed by atoms with van der Waals surface area (Å²) in [6.07, 6.45) is 2.76. The van der Waals surface area contributed by atoms with Gasteiger partial charge in [-0.05, 0) is 30.6 Å². The predicted molar refractivity (Wildman–Crippen MR) is 83.0 cm³/mol. The third-order valence-corrected chi connectivity index (χ3v) is 4.10. The van der Waals surface area contributed by atoms with Gasteiger partial charge < -0.3 is 15.5 Å². The van der Waals surface area contributed by atoms with Gasteiger partial charge in [0.15, 0.2) is 0 Å². The monoisotopic (exact) mass is 279 g/mol. The molecule has 2 rings (SSSR count). The van der Waals surface area contributed by atoms with Gasteiger partial charge in [0, 0.05) is 20.1 Å². The third-order valence-electron chi connectivity index (χ3n) is 3.46. The number of amides is 1. The van der Waals surface area contributed by atoms with Gasteiger partial charge in [-0.2, -0.15) is 11.8 Å². The standard InChI is InChI=1S/C14H21N3OS/c1-16-8-9-17(13-6-4-3-5-12(13)16)14(18)11(15)7-10-19-2/h3-6,11H,7-10,15H2,1-2H3/t11-/m1/s1. The minimum Gasteiger partial charge on any atom is -0.371 e. The molecule has 1 aromatic rings. The molecule has 5 heteroatoms. The SMILES string of the molecule is CSCC[C@@H](N)C(=O)N1CCN(C)c2ccccc21. The molecule has 0 unspecified atom stereocenters. The maximum absolute atomic E-state index is 12.4. The fourth-order valence-corrected chi connectivity index (χ4v) is 2.79. The first kappa shape index (κ1) is 14.2. The Morgan fingerprint density at radius 2 is 2.05 bits per heavy atom. The lowest BCUT2D eigenvalue weighted by molar-refractivity contribution is -0.119. The second-order valence-corrected chi connectivity index (χ2v) is 5.77. The molecule has 19 heavy (non-hydrogen) atoms. The number of anilines is 2. The summed E-state index contributed by atoms with van der Waals surface area (Å²) in [4.78, 5) is 16.5. The van der Waals surface area contributed by atoms with Gasteiger partial charge >= 0.3 is 0 Å². The lowest BCUT2D eigenvalue weighted by Gasteiger charge is -2.36. The Balaban J connectivity index is 2.18. The molecule has 0 aromatic heterocycles. The number of hydrogen-bond acceptors (Lipinski definition) is 4. The first-order valence-corrected chi connectivity index (χ1v) is 7.90. The summed E-state index contributed by atoms with van der Waals surface area (Å²) in [5.41, 5.74) is 8.08. The van der Waals surface area contributed by atoms with Crippen molar-refractivity contribution >= 4 is 29.0 Å². The normalized spacial score (nSPS) is 16.2. The van der Waals surface area contributed by atoms with Crippen molar-refractivity contribution in [1.29, 1.82) is 0 Å². The molecular formula is C14H21N3OS. The van der Waals surface area contributed by atoms with Crippen LogP contribution in [0.2, 0.25) is 0 Å². The van der Waals surface area contributed by atoms with Gasteiger partial charge in [-0.25, -0.2) is 0 Å². The summed E-state index contributed by atoms with van der Waals surface area (Å²) in [7, 11) is 2.05. The topological polar surface area (TPSA) is 49.6 Å². The van der Waals surface area contributed by atoms with E-state index in [4.69, 9.17) is 5.73 Å². The molecule has 4 nitrogen and oxygen atoms in total. The fourth-order valence-electron chi connectivity index (χ4n) is 2.30. The van der Waals surface area contributed by atoms with Gasteiger partial charge in [0.05, 0.1) is 17.4 Å². The van der Waals surface area contributed by atoms with Crippen molar-refractivity contribution in [2.45, 2.75) is 12.5 Å². The molecule has 0 spiro atoms. The first-order valence-electron chi connectivity index (χ1n) is 6.51. The number of para-hydroxylation sites is 2. The Morgan fingerprint density at radius 1 is 1.37 bits per heavy atom.